The van der Waals surface area contributed by atoms with Gasteiger partial charge in [-0.2, -0.15) is 0 Å². The number of anilines is 1. The zero-order chi connectivity index (χ0) is 19.8. The summed E-state index contributed by atoms with van der Waals surface area (Å²) >= 11 is 6.03. The summed E-state index contributed by atoms with van der Waals surface area (Å²) in [7, 11) is 0. The zero-order valence-corrected chi connectivity index (χ0v) is 16.8. The molecule has 3 heteroatoms. The number of halogens is 1. The van der Waals surface area contributed by atoms with Gasteiger partial charge in [0, 0.05) is 22.2 Å². The zero-order valence-electron chi connectivity index (χ0n) is 16.1. The summed E-state index contributed by atoms with van der Waals surface area (Å²) in [6.07, 6.45) is 0. The van der Waals surface area contributed by atoms with E-state index in [9.17, 15) is 4.79 Å². The Morgan fingerprint density at radius 1 is 1.00 bits per heavy atom. The van der Waals surface area contributed by atoms with E-state index in [1.54, 1.807) is 0 Å². The van der Waals surface area contributed by atoms with Crippen LogP contribution in [0.4, 0.5) is 5.69 Å². The summed E-state index contributed by atoms with van der Waals surface area (Å²) in [6, 6.07) is 21.9. The highest BCUT2D eigenvalue weighted by molar-refractivity contribution is 6.30. The summed E-state index contributed by atoms with van der Waals surface area (Å²) in [5, 5.41) is 0.707. The molecule has 0 saturated carbocycles. The van der Waals surface area contributed by atoms with E-state index in [4.69, 9.17) is 11.6 Å². The topological polar surface area (TPSA) is 20.3 Å². The smallest absolute Gasteiger partial charge is 0.258 e. The highest BCUT2D eigenvalue weighted by Crippen LogP contribution is 2.36. The molecule has 1 atom stereocenters. The molecule has 1 heterocycles. The molecule has 3 aromatic rings. The van der Waals surface area contributed by atoms with Crippen molar-refractivity contribution in [3.05, 3.63) is 101 Å². The second kappa shape index (κ2) is 7.29. The van der Waals surface area contributed by atoms with Crippen LogP contribution in [-0.2, 0) is 6.54 Å². The number of rotatable bonds is 4. The van der Waals surface area contributed by atoms with E-state index < -0.39 is 0 Å². The van der Waals surface area contributed by atoms with E-state index in [0.29, 0.717) is 17.5 Å². The van der Waals surface area contributed by atoms with Crippen LogP contribution >= 0.6 is 11.6 Å². The molecule has 0 N–H and O–H groups in total. The first kappa shape index (κ1) is 18.5. The molecule has 1 aliphatic heterocycles. The number of hydrogen-bond donors (Lipinski definition) is 0. The maximum absolute atomic E-state index is 13.1. The fourth-order valence-electron chi connectivity index (χ4n) is 3.67. The fourth-order valence-corrected chi connectivity index (χ4v) is 3.79. The molecule has 0 aromatic heterocycles. The number of benzene rings is 3. The average molecular weight is 388 g/mol. The lowest BCUT2D eigenvalue weighted by molar-refractivity contribution is 0.0996. The van der Waals surface area contributed by atoms with Gasteiger partial charge in [0.15, 0.2) is 0 Å². The van der Waals surface area contributed by atoms with Crippen LogP contribution in [0.25, 0.3) is 11.1 Å². The molecule has 1 aliphatic rings. The van der Waals surface area contributed by atoms with Crippen molar-refractivity contribution in [1.29, 1.82) is 0 Å². The van der Waals surface area contributed by atoms with E-state index in [0.717, 1.165) is 33.5 Å². The summed E-state index contributed by atoms with van der Waals surface area (Å²) < 4.78 is 0. The SMILES string of the molecule is C=C(C)C(C)c1ccc(N2Cc3c(cccc3-c3ccc(Cl)cc3)C2=O)cc1. The van der Waals surface area contributed by atoms with Crippen LogP contribution in [-0.4, -0.2) is 5.91 Å². The van der Waals surface area contributed by atoms with Gasteiger partial charge in [0.2, 0.25) is 0 Å². The van der Waals surface area contributed by atoms with Gasteiger partial charge in [-0.25, -0.2) is 0 Å². The van der Waals surface area contributed by atoms with Crippen molar-refractivity contribution in [1.82, 2.24) is 0 Å². The average Bonchev–Trinajstić information content (AvgIpc) is 3.05. The van der Waals surface area contributed by atoms with Crippen LogP contribution in [0.3, 0.4) is 0 Å². The largest absolute Gasteiger partial charge is 0.304 e. The summed E-state index contributed by atoms with van der Waals surface area (Å²) in [5.41, 5.74) is 7.24. The Balaban J connectivity index is 1.67. The van der Waals surface area contributed by atoms with Gasteiger partial charge in [-0.05, 0) is 59.5 Å². The van der Waals surface area contributed by atoms with E-state index in [2.05, 4.69) is 31.7 Å². The first-order chi connectivity index (χ1) is 13.5. The molecule has 28 heavy (non-hydrogen) atoms. The molecule has 140 valence electrons. The van der Waals surface area contributed by atoms with E-state index >= 15 is 0 Å². The predicted molar refractivity (Wildman–Crippen MR) is 117 cm³/mol. The fraction of sp³-hybridized carbons (Fsp3) is 0.160. The lowest BCUT2D eigenvalue weighted by Crippen LogP contribution is -2.22. The summed E-state index contributed by atoms with van der Waals surface area (Å²) in [6.45, 7) is 8.80. The van der Waals surface area contributed by atoms with Crippen molar-refractivity contribution in [2.75, 3.05) is 4.90 Å². The Labute approximate surface area is 171 Å². The first-order valence-electron chi connectivity index (χ1n) is 9.41. The third-order valence-electron chi connectivity index (χ3n) is 5.57. The van der Waals surface area contributed by atoms with Crippen LogP contribution in [0.5, 0.6) is 0 Å². The number of carbonyl (C=O) groups is 1. The highest BCUT2D eigenvalue weighted by Gasteiger charge is 2.30. The van der Waals surface area contributed by atoms with Crippen molar-refractivity contribution in [2.45, 2.75) is 26.3 Å². The maximum atomic E-state index is 13.1. The lowest BCUT2D eigenvalue weighted by atomic mass is 9.95. The first-order valence-corrected chi connectivity index (χ1v) is 9.78. The van der Waals surface area contributed by atoms with Gasteiger partial charge in [-0.3, -0.25) is 4.79 Å². The minimum absolute atomic E-state index is 0.0477. The highest BCUT2D eigenvalue weighted by atomic mass is 35.5. The van der Waals surface area contributed by atoms with E-state index in [1.165, 1.54) is 5.56 Å². The number of allylic oxidation sites excluding steroid dienone is 1. The second-order valence-electron chi connectivity index (χ2n) is 7.39. The van der Waals surface area contributed by atoms with Crippen LogP contribution in [0, 0.1) is 0 Å². The Morgan fingerprint density at radius 2 is 1.64 bits per heavy atom. The van der Waals surface area contributed by atoms with Crippen molar-refractivity contribution >= 4 is 23.2 Å². The van der Waals surface area contributed by atoms with Crippen molar-refractivity contribution in [3.8, 4) is 11.1 Å². The summed E-state index contributed by atoms with van der Waals surface area (Å²) in [4.78, 5) is 14.9. The van der Waals surface area contributed by atoms with Crippen LogP contribution in [0.1, 0.15) is 41.3 Å². The predicted octanol–water partition coefficient (Wildman–Crippen LogP) is 6.85. The van der Waals surface area contributed by atoms with Gasteiger partial charge in [0.05, 0.1) is 6.54 Å². The Morgan fingerprint density at radius 3 is 2.29 bits per heavy atom. The molecule has 0 spiro atoms. The molecule has 3 aromatic carbocycles. The molecule has 0 bridgehead atoms. The number of hydrogen-bond acceptors (Lipinski definition) is 1. The third kappa shape index (κ3) is 3.25. The van der Waals surface area contributed by atoms with Gasteiger partial charge >= 0.3 is 0 Å². The molecule has 0 radical (unpaired) electrons. The Kier molecular flexibility index (Phi) is 4.82. The standard InChI is InChI=1S/C25H22ClNO/c1-16(2)17(3)18-9-13-21(14-10-18)27-15-24-22(5-4-6-23(24)25(27)28)19-7-11-20(26)12-8-19/h4-14,17H,1,15H2,2-3H3. The van der Waals surface area contributed by atoms with Gasteiger partial charge < -0.3 is 4.90 Å². The minimum atomic E-state index is 0.0477. The van der Waals surface area contributed by atoms with Crippen molar-refractivity contribution < 1.29 is 4.79 Å². The van der Waals surface area contributed by atoms with E-state index in [-0.39, 0.29) is 5.91 Å². The monoisotopic (exact) mass is 387 g/mol. The summed E-state index contributed by atoms with van der Waals surface area (Å²) in [5.74, 6) is 0.351. The number of nitrogens with zero attached hydrogens (tertiary/aromatic N) is 1. The molecule has 0 aliphatic carbocycles. The minimum Gasteiger partial charge on any atom is -0.304 e. The van der Waals surface area contributed by atoms with Crippen LogP contribution in [0.15, 0.2) is 78.9 Å². The molecule has 0 saturated heterocycles. The molecule has 2 nitrogen and oxygen atoms in total. The third-order valence-corrected chi connectivity index (χ3v) is 5.82. The second-order valence-corrected chi connectivity index (χ2v) is 7.83. The van der Waals surface area contributed by atoms with Crippen molar-refractivity contribution in [2.24, 2.45) is 0 Å². The van der Waals surface area contributed by atoms with Gasteiger partial charge in [0.1, 0.15) is 0 Å². The Bertz CT molecular complexity index is 1050. The normalized spacial score (nSPS) is 14.1. The molecular weight excluding hydrogens is 366 g/mol. The number of fused-ring (bicyclic) bond motifs is 1. The molecule has 0 fully saturated rings. The van der Waals surface area contributed by atoms with Crippen LogP contribution < -0.4 is 4.90 Å². The quantitative estimate of drug-likeness (QED) is 0.448. The Hall–Kier alpha value is -2.84. The molecule has 1 amide bonds. The number of carbonyl (C=O) groups excluding carboxylic acids is 1. The van der Waals surface area contributed by atoms with Gasteiger partial charge in [-0.15, -0.1) is 0 Å². The van der Waals surface area contributed by atoms with Gasteiger partial charge in [0.25, 0.3) is 5.91 Å². The maximum Gasteiger partial charge on any atom is 0.258 e. The molecular formula is C25H22ClNO. The molecule has 1 unspecified atom stereocenters. The van der Waals surface area contributed by atoms with E-state index in [1.807, 2.05) is 60.4 Å². The lowest BCUT2D eigenvalue weighted by Gasteiger charge is -2.18. The number of amides is 1. The van der Waals surface area contributed by atoms with Crippen molar-refractivity contribution in [3.63, 3.8) is 0 Å². The molecule has 4 rings (SSSR count). The van der Waals surface area contributed by atoms with Crippen LogP contribution in [0.2, 0.25) is 5.02 Å². The van der Waals surface area contributed by atoms with Gasteiger partial charge in [-0.1, -0.05) is 67.1 Å².